The first kappa shape index (κ1) is 24.3. The third-order valence-corrected chi connectivity index (χ3v) is 5.80. The standard InChI is InChI=1S/C25H28F2N4O2/c1-17(2)23(29-24(32)22-20(26)5-3-6-21(22)27)25(33)31-12-4-11-30(13-14-31)16-19-9-7-18(15-28)8-10-19/h3,5-10,17,23H,4,11-14,16H2,1-2H3,(H,29,32)/t23-/m0/s1. The van der Waals surface area contributed by atoms with E-state index in [1.54, 1.807) is 30.9 Å². The van der Waals surface area contributed by atoms with Gasteiger partial charge in [0.25, 0.3) is 5.91 Å². The van der Waals surface area contributed by atoms with E-state index in [2.05, 4.69) is 16.3 Å². The molecule has 1 N–H and O–H groups in total. The molecule has 2 aromatic carbocycles. The molecule has 0 radical (unpaired) electrons. The van der Waals surface area contributed by atoms with Gasteiger partial charge in [-0.1, -0.05) is 32.0 Å². The van der Waals surface area contributed by atoms with E-state index in [0.29, 0.717) is 31.7 Å². The fourth-order valence-electron chi connectivity index (χ4n) is 3.93. The molecular weight excluding hydrogens is 426 g/mol. The summed E-state index contributed by atoms with van der Waals surface area (Å²) >= 11 is 0. The largest absolute Gasteiger partial charge is 0.340 e. The lowest BCUT2D eigenvalue weighted by Gasteiger charge is -2.29. The van der Waals surface area contributed by atoms with E-state index in [9.17, 15) is 18.4 Å². The van der Waals surface area contributed by atoms with E-state index in [-0.39, 0.29) is 11.8 Å². The van der Waals surface area contributed by atoms with Crippen LogP contribution in [0.2, 0.25) is 0 Å². The van der Waals surface area contributed by atoms with Gasteiger partial charge in [-0.3, -0.25) is 14.5 Å². The Bertz CT molecular complexity index is 1010. The lowest BCUT2D eigenvalue weighted by Crippen LogP contribution is -2.52. The Kier molecular flexibility index (Phi) is 8.12. The fraction of sp³-hybridized carbons (Fsp3) is 0.400. The van der Waals surface area contributed by atoms with Gasteiger partial charge in [-0.25, -0.2) is 8.78 Å². The number of amides is 2. The zero-order valence-electron chi connectivity index (χ0n) is 18.9. The zero-order chi connectivity index (χ0) is 24.0. The third-order valence-electron chi connectivity index (χ3n) is 5.80. The molecule has 1 atom stereocenters. The summed E-state index contributed by atoms with van der Waals surface area (Å²) in [5.74, 6) is -3.37. The SMILES string of the molecule is CC(C)[C@H](NC(=O)c1c(F)cccc1F)C(=O)N1CCCN(Cc2ccc(C#N)cc2)CC1. The number of benzene rings is 2. The second-order valence-electron chi connectivity index (χ2n) is 8.56. The van der Waals surface area contributed by atoms with Crippen LogP contribution in [-0.2, 0) is 11.3 Å². The van der Waals surface area contributed by atoms with E-state index in [1.165, 1.54) is 6.07 Å². The Labute approximate surface area is 192 Å². The highest BCUT2D eigenvalue weighted by atomic mass is 19.1. The van der Waals surface area contributed by atoms with Gasteiger partial charge in [0.1, 0.15) is 23.2 Å². The predicted molar refractivity (Wildman–Crippen MR) is 120 cm³/mol. The highest BCUT2D eigenvalue weighted by Gasteiger charge is 2.31. The number of halogens is 2. The van der Waals surface area contributed by atoms with E-state index >= 15 is 0 Å². The van der Waals surface area contributed by atoms with Gasteiger partial charge >= 0.3 is 0 Å². The lowest BCUT2D eigenvalue weighted by molar-refractivity contribution is -0.134. The first-order valence-electron chi connectivity index (χ1n) is 11.0. The number of nitrogens with zero attached hydrogens (tertiary/aromatic N) is 3. The quantitative estimate of drug-likeness (QED) is 0.727. The molecule has 0 spiro atoms. The first-order valence-corrected chi connectivity index (χ1v) is 11.0. The molecule has 6 nitrogen and oxygen atoms in total. The van der Waals surface area contributed by atoms with Gasteiger partial charge in [-0.05, 0) is 42.2 Å². The number of carbonyl (C=O) groups is 2. The Balaban J connectivity index is 1.64. The van der Waals surface area contributed by atoms with Crippen LogP contribution in [0, 0.1) is 28.9 Å². The van der Waals surface area contributed by atoms with E-state index in [1.807, 2.05) is 12.1 Å². The van der Waals surface area contributed by atoms with Gasteiger partial charge < -0.3 is 10.2 Å². The molecule has 174 valence electrons. The van der Waals surface area contributed by atoms with Crippen LogP contribution in [0.25, 0.3) is 0 Å². The second-order valence-corrected chi connectivity index (χ2v) is 8.56. The molecule has 0 unspecified atom stereocenters. The first-order chi connectivity index (χ1) is 15.8. The number of rotatable bonds is 6. The highest BCUT2D eigenvalue weighted by Crippen LogP contribution is 2.16. The minimum atomic E-state index is -0.962. The number of hydrogen-bond donors (Lipinski definition) is 1. The van der Waals surface area contributed by atoms with Crippen LogP contribution in [0.5, 0.6) is 0 Å². The molecule has 3 rings (SSSR count). The van der Waals surface area contributed by atoms with E-state index in [0.717, 1.165) is 30.7 Å². The number of nitriles is 1. The average molecular weight is 455 g/mol. The fourth-order valence-corrected chi connectivity index (χ4v) is 3.93. The molecule has 0 aliphatic carbocycles. The maximum absolute atomic E-state index is 14.0. The molecule has 0 saturated carbocycles. The van der Waals surface area contributed by atoms with E-state index in [4.69, 9.17) is 5.26 Å². The summed E-state index contributed by atoms with van der Waals surface area (Å²) in [4.78, 5) is 29.8. The number of carbonyl (C=O) groups excluding carboxylic acids is 2. The van der Waals surface area contributed by atoms with Crippen LogP contribution in [0.15, 0.2) is 42.5 Å². The van der Waals surface area contributed by atoms with Crippen molar-refractivity contribution in [2.24, 2.45) is 5.92 Å². The summed E-state index contributed by atoms with van der Waals surface area (Å²) in [6, 6.07) is 11.9. The lowest BCUT2D eigenvalue weighted by atomic mass is 10.0. The van der Waals surface area contributed by atoms with Crippen molar-refractivity contribution in [2.45, 2.75) is 32.9 Å². The van der Waals surface area contributed by atoms with Crippen LogP contribution >= 0.6 is 0 Å². The normalized spacial score (nSPS) is 15.6. The Morgan fingerprint density at radius 2 is 1.70 bits per heavy atom. The van der Waals surface area contributed by atoms with Crippen molar-refractivity contribution in [1.82, 2.24) is 15.1 Å². The van der Waals surface area contributed by atoms with Gasteiger partial charge in [0.05, 0.1) is 11.6 Å². The minimum Gasteiger partial charge on any atom is -0.340 e. The summed E-state index contributed by atoms with van der Waals surface area (Å²) < 4.78 is 28.0. The number of nitrogens with one attached hydrogen (secondary N) is 1. The summed E-state index contributed by atoms with van der Waals surface area (Å²) in [7, 11) is 0. The summed E-state index contributed by atoms with van der Waals surface area (Å²) in [5, 5.41) is 11.5. The molecular formula is C25H28F2N4O2. The average Bonchev–Trinajstić information content (AvgIpc) is 3.03. The molecule has 1 heterocycles. The molecule has 1 aliphatic heterocycles. The molecule has 2 amide bonds. The zero-order valence-corrected chi connectivity index (χ0v) is 18.9. The van der Waals surface area contributed by atoms with Gasteiger partial charge in [-0.2, -0.15) is 5.26 Å². The Morgan fingerprint density at radius 3 is 2.30 bits per heavy atom. The Hall–Kier alpha value is -3.31. The van der Waals surface area contributed by atoms with Crippen molar-refractivity contribution < 1.29 is 18.4 Å². The Morgan fingerprint density at radius 1 is 1.03 bits per heavy atom. The van der Waals surface area contributed by atoms with Gasteiger partial charge in [-0.15, -0.1) is 0 Å². The summed E-state index contributed by atoms with van der Waals surface area (Å²) in [6.45, 7) is 6.78. The predicted octanol–water partition coefficient (Wildman–Crippen LogP) is 3.33. The highest BCUT2D eigenvalue weighted by molar-refractivity contribution is 5.98. The van der Waals surface area contributed by atoms with Crippen LogP contribution in [0.1, 0.15) is 41.8 Å². The van der Waals surface area contributed by atoms with Crippen LogP contribution < -0.4 is 5.32 Å². The van der Waals surface area contributed by atoms with Gasteiger partial charge in [0.2, 0.25) is 5.91 Å². The van der Waals surface area contributed by atoms with Crippen molar-refractivity contribution in [3.63, 3.8) is 0 Å². The maximum atomic E-state index is 14.0. The van der Waals surface area contributed by atoms with Crippen molar-refractivity contribution in [2.75, 3.05) is 26.2 Å². The maximum Gasteiger partial charge on any atom is 0.257 e. The molecule has 1 saturated heterocycles. The van der Waals surface area contributed by atoms with Crippen LogP contribution in [-0.4, -0.2) is 53.8 Å². The van der Waals surface area contributed by atoms with Crippen molar-refractivity contribution in [3.05, 3.63) is 70.8 Å². The molecule has 0 bridgehead atoms. The van der Waals surface area contributed by atoms with Crippen molar-refractivity contribution in [1.29, 1.82) is 5.26 Å². The van der Waals surface area contributed by atoms with Gasteiger partial charge in [0.15, 0.2) is 0 Å². The van der Waals surface area contributed by atoms with Gasteiger partial charge in [0, 0.05) is 32.7 Å². The van der Waals surface area contributed by atoms with Crippen LogP contribution in [0.3, 0.4) is 0 Å². The molecule has 1 aliphatic rings. The molecule has 33 heavy (non-hydrogen) atoms. The monoisotopic (exact) mass is 454 g/mol. The topological polar surface area (TPSA) is 76.4 Å². The number of hydrogen-bond acceptors (Lipinski definition) is 4. The molecule has 1 fully saturated rings. The summed E-state index contributed by atoms with van der Waals surface area (Å²) in [6.07, 6.45) is 0.767. The molecule has 2 aromatic rings. The van der Waals surface area contributed by atoms with Crippen molar-refractivity contribution >= 4 is 11.8 Å². The minimum absolute atomic E-state index is 0.254. The third kappa shape index (κ3) is 6.14. The second kappa shape index (κ2) is 11.0. The molecule has 8 heteroatoms. The van der Waals surface area contributed by atoms with Crippen LogP contribution in [0.4, 0.5) is 8.78 Å². The smallest absolute Gasteiger partial charge is 0.257 e. The molecule has 0 aromatic heterocycles. The van der Waals surface area contributed by atoms with Crippen molar-refractivity contribution in [3.8, 4) is 6.07 Å². The summed E-state index contributed by atoms with van der Waals surface area (Å²) in [5.41, 5.74) is 1.02. The van der Waals surface area contributed by atoms with E-state index < -0.39 is 29.1 Å².